The molecule has 3 rings (SSSR count). The number of benzene rings is 1. The Morgan fingerprint density at radius 1 is 1.30 bits per heavy atom. The molecular formula is C19H25N3O. The van der Waals surface area contributed by atoms with Gasteiger partial charge in [0.15, 0.2) is 0 Å². The molecule has 1 amide bonds. The molecule has 0 bridgehead atoms. The third kappa shape index (κ3) is 3.46. The van der Waals surface area contributed by atoms with Gasteiger partial charge < -0.3 is 10.3 Å². The molecule has 4 nitrogen and oxygen atoms in total. The molecule has 0 aliphatic heterocycles. The number of primary amides is 1. The van der Waals surface area contributed by atoms with Crippen molar-refractivity contribution in [3.63, 3.8) is 0 Å². The predicted molar refractivity (Wildman–Crippen MR) is 91.8 cm³/mol. The highest BCUT2D eigenvalue weighted by atomic mass is 16.1. The standard InChI is InChI=1S/C19H25N3O/c1-14(19(20)23)22-13-21-18(16-9-3-2-4-10-16)17(22)12-11-15-7-5-6-8-15/h2-4,9-10,13-15H,5-8,11-12H2,1H3,(H2,20,23)/t14-/m1/s1. The zero-order chi connectivity index (χ0) is 16.2. The Kier molecular flexibility index (Phi) is 4.79. The quantitative estimate of drug-likeness (QED) is 0.884. The van der Waals surface area contributed by atoms with Gasteiger partial charge in [-0.15, -0.1) is 0 Å². The Hall–Kier alpha value is -2.10. The highest BCUT2D eigenvalue weighted by molar-refractivity contribution is 5.78. The fourth-order valence-corrected chi connectivity index (χ4v) is 3.58. The number of aromatic nitrogens is 2. The number of nitrogens with two attached hydrogens (primary N) is 1. The Morgan fingerprint density at radius 2 is 2.00 bits per heavy atom. The molecule has 2 aromatic rings. The summed E-state index contributed by atoms with van der Waals surface area (Å²) in [6, 6.07) is 9.82. The second-order valence-electron chi connectivity index (χ2n) is 6.58. The molecule has 1 aromatic heterocycles. The maximum Gasteiger partial charge on any atom is 0.240 e. The van der Waals surface area contributed by atoms with Crippen LogP contribution in [0.2, 0.25) is 0 Å². The first-order valence-electron chi connectivity index (χ1n) is 8.57. The minimum absolute atomic E-state index is 0.316. The molecule has 1 aromatic carbocycles. The van der Waals surface area contributed by atoms with Crippen molar-refractivity contribution in [1.82, 2.24) is 9.55 Å². The Morgan fingerprint density at radius 3 is 2.65 bits per heavy atom. The summed E-state index contributed by atoms with van der Waals surface area (Å²) >= 11 is 0. The molecule has 1 fully saturated rings. The summed E-state index contributed by atoms with van der Waals surface area (Å²) in [6.07, 6.45) is 9.26. The molecule has 122 valence electrons. The van der Waals surface area contributed by atoms with Gasteiger partial charge in [0.25, 0.3) is 0 Å². The lowest BCUT2D eigenvalue weighted by Crippen LogP contribution is -2.25. The molecule has 2 N–H and O–H groups in total. The van der Waals surface area contributed by atoms with Gasteiger partial charge in [-0.25, -0.2) is 4.98 Å². The Labute approximate surface area is 137 Å². The lowest BCUT2D eigenvalue weighted by molar-refractivity contribution is -0.120. The Balaban J connectivity index is 1.90. The van der Waals surface area contributed by atoms with E-state index in [0.717, 1.165) is 35.7 Å². The van der Waals surface area contributed by atoms with Crippen LogP contribution in [0.15, 0.2) is 36.7 Å². The van der Waals surface area contributed by atoms with Gasteiger partial charge in [-0.1, -0.05) is 56.0 Å². The van der Waals surface area contributed by atoms with Crippen LogP contribution in [0.3, 0.4) is 0 Å². The zero-order valence-corrected chi connectivity index (χ0v) is 13.7. The van der Waals surface area contributed by atoms with Crippen molar-refractivity contribution in [2.75, 3.05) is 0 Å². The summed E-state index contributed by atoms with van der Waals surface area (Å²) in [7, 11) is 0. The second kappa shape index (κ2) is 6.99. The van der Waals surface area contributed by atoms with Gasteiger partial charge in [0.2, 0.25) is 5.91 Å². The van der Waals surface area contributed by atoms with Crippen LogP contribution in [-0.4, -0.2) is 15.5 Å². The largest absolute Gasteiger partial charge is 0.368 e. The number of carbonyl (C=O) groups is 1. The average Bonchev–Trinajstić information content (AvgIpc) is 3.22. The van der Waals surface area contributed by atoms with Crippen LogP contribution in [0, 0.1) is 5.92 Å². The van der Waals surface area contributed by atoms with Crippen LogP contribution >= 0.6 is 0 Å². The molecule has 0 radical (unpaired) electrons. The normalized spacial score (nSPS) is 16.6. The number of nitrogens with zero attached hydrogens (tertiary/aromatic N) is 2. The summed E-state index contributed by atoms with van der Waals surface area (Å²) in [6.45, 7) is 1.85. The van der Waals surface area contributed by atoms with Gasteiger partial charge in [-0.3, -0.25) is 4.79 Å². The molecule has 0 saturated heterocycles. The summed E-state index contributed by atoms with van der Waals surface area (Å²) < 4.78 is 1.96. The lowest BCUT2D eigenvalue weighted by atomic mass is 9.98. The van der Waals surface area contributed by atoms with Crippen molar-refractivity contribution in [1.29, 1.82) is 0 Å². The minimum atomic E-state index is -0.362. The van der Waals surface area contributed by atoms with Crippen molar-refractivity contribution in [3.8, 4) is 11.3 Å². The van der Waals surface area contributed by atoms with Crippen molar-refractivity contribution >= 4 is 5.91 Å². The first kappa shape index (κ1) is 15.8. The van der Waals surface area contributed by atoms with Crippen LogP contribution in [0.5, 0.6) is 0 Å². The van der Waals surface area contributed by atoms with Crippen LogP contribution in [0.4, 0.5) is 0 Å². The third-order valence-electron chi connectivity index (χ3n) is 5.04. The fraction of sp³-hybridized carbons (Fsp3) is 0.474. The van der Waals surface area contributed by atoms with Crippen LogP contribution in [0.25, 0.3) is 11.3 Å². The smallest absolute Gasteiger partial charge is 0.240 e. The van der Waals surface area contributed by atoms with Gasteiger partial charge in [-0.2, -0.15) is 0 Å². The first-order chi connectivity index (χ1) is 11.2. The Bertz CT molecular complexity index is 657. The van der Waals surface area contributed by atoms with E-state index >= 15 is 0 Å². The summed E-state index contributed by atoms with van der Waals surface area (Å²) in [5, 5.41) is 0. The summed E-state index contributed by atoms with van der Waals surface area (Å²) in [4.78, 5) is 16.2. The molecule has 1 heterocycles. The number of hydrogen-bond acceptors (Lipinski definition) is 2. The van der Waals surface area contributed by atoms with E-state index in [1.165, 1.54) is 25.7 Å². The number of hydrogen-bond donors (Lipinski definition) is 1. The van der Waals surface area contributed by atoms with E-state index < -0.39 is 0 Å². The van der Waals surface area contributed by atoms with Crippen LogP contribution < -0.4 is 5.73 Å². The highest BCUT2D eigenvalue weighted by Gasteiger charge is 2.21. The maximum atomic E-state index is 11.6. The molecule has 1 saturated carbocycles. The number of rotatable bonds is 6. The van der Waals surface area contributed by atoms with Crippen LogP contribution in [0.1, 0.15) is 50.8 Å². The lowest BCUT2D eigenvalue weighted by Gasteiger charge is -2.16. The molecule has 1 aliphatic rings. The summed E-state index contributed by atoms with van der Waals surface area (Å²) in [5.41, 5.74) is 8.73. The van der Waals surface area contributed by atoms with Gasteiger partial charge in [0.05, 0.1) is 12.0 Å². The monoisotopic (exact) mass is 311 g/mol. The van der Waals surface area contributed by atoms with E-state index in [9.17, 15) is 4.79 Å². The van der Waals surface area contributed by atoms with E-state index in [0.29, 0.717) is 0 Å². The van der Waals surface area contributed by atoms with Crippen LogP contribution in [-0.2, 0) is 11.2 Å². The maximum absolute atomic E-state index is 11.6. The van der Waals surface area contributed by atoms with E-state index in [1.807, 2.05) is 29.7 Å². The SMILES string of the molecule is C[C@H](C(N)=O)n1cnc(-c2ccccc2)c1CCC1CCCC1. The highest BCUT2D eigenvalue weighted by Crippen LogP contribution is 2.31. The van der Waals surface area contributed by atoms with Gasteiger partial charge in [0.1, 0.15) is 6.04 Å². The van der Waals surface area contributed by atoms with Gasteiger partial charge in [0, 0.05) is 11.3 Å². The van der Waals surface area contributed by atoms with Crippen molar-refractivity contribution in [2.24, 2.45) is 11.7 Å². The van der Waals surface area contributed by atoms with E-state index in [2.05, 4.69) is 17.1 Å². The van der Waals surface area contributed by atoms with Gasteiger partial charge in [-0.05, 0) is 25.7 Å². The molecule has 0 spiro atoms. The molecule has 23 heavy (non-hydrogen) atoms. The predicted octanol–water partition coefficient (Wildman–Crippen LogP) is 3.72. The number of imidazole rings is 1. The molecule has 0 unspecified atom stereocenters. The molecule has 1 atom stereocenters. The zero-order valence-electron chi connectivity index (χ0n) is 13.7. The number of carbonyl (C=O) groups excluding carboxylic acids is 1. The van der Waals surface area contributed by atoms with Crippen molar-refractivity contribution in [3.05, 3.63) is 42.4 Å². The third-order valence-corrected chi connectivity index (χ3v) is 5.04. The minimum Gasteiger partial charge on any atom is -0.368 e. The first-order valence-corrected chi connectivity index (χ1v) is 8.57. The molecule has 4 heteroatoms. The summed E-state index contributed by atoms with van der Waals surface area (Å²) in [5.74, 6) is 0.495. The van der Waals surface area contributed by atoms with E-state index in [-0.39, 0.29) is 11.9 Å². The topological polar surface area (TPSA) is 60.9 Å². The molecule has 1 aliphatic carbocycles. The van der Waals surface area contributed by atoms with Crippen molar-refractivity contribution < 1.29 is 4.79 Å². The molecular weight excluding hydrogens is 286 g/mol. The van der Waals surface area contributed by atoms with Gasteiger partial charge >= 0.3 is 0 Å². The van der Waals surface area contributed by atoms with Crippen molar-refractivity contribution in [2.45, 2.75) is 51.5 Å². The average molecular weight is 311 g/mol. The van der Waals surface area contributed by atoms with E-state index in [4.69, 9.17) is 5.73 Å². The second-order valence-corrected chi connectivity index (χ2v) is 6.58. The van der Waals surface area contributed by atoms with E-state index in [1.54, 1.807) is 6.33 Å². The number of amides is 1. The fourth-order valence-electron chi connectivity index (χ4n) is 3.58.